The molecule has 2 saturated carbocycles. The van der Waals surface area contributed by atoms with Crippen molar-refractivity contribution in [2.75, 3.05) is 6.61 Å². The van der Waals surface area contributed by atoms with Crippen LogP contribution in [0, 0.1) is 17.3 Å². The molecule has 5 unspecified atom stereocenters. The summed E-state index contributed by atoms with van der Waals surface area (Å²) in [5.41, 5.74) is 6.59. The van der Waals surface area contributed by atoms with Crippen LogP contribution in [-0.2, 0) is 9.53 Å². The average Bonchev–Trinajstić information content (AvgIpc) is 3.14. The van der Waals surface area contributed by atoms with Crippen LogP contribution in [0.4, 0.5) is 0 Å². The lowest BCUT2D eigenvalue weighted by Gasteiger charge is -2.52. The molecule has 0 amide bonds. The van der Waals surface area contributed by atoms with Crippen molar-refractivity contribution >= 4 is 11.6 Å². The van der Waals surface area contributed by atoms with E-state index in [1.165, 1.54) is 23.1 Å². The summed E-state index contributed by atoms with van der Waals surface area (Å²) in [6, 6.07) is 8.32. The van der Waals surface area contributed by atoms with Gasteiger partial charge in [0, 0.05) is 17.9 Å². The number of rotatable bonds is 6. The summed E-state index contributed by atoms with van der Waals surface area (Å²) in [6.45, 7) is 8.70. The maximum absolute atomic E-state index is 12.2. The number of ketones is 2. The lowest BCUT2D eigenvalue weighted by atomic mass is 9.53. The van der Waals surface area contributed by atoms with Crippen LogP contribution in [0.5, 0.6) is 0 Å². The Hall–Kier alpha value is -2.26. The van der Waals surface area contributed by atoms with Crippen LogP contribution < -0.4 is 0 Å². The highest BCUT2D eigenvalue weighted by atomic mass is 16.5. The van der Waals surface area contributed by atoms with Crippen LogP contribution in [0.25, 0.3) is 0 Å². The summed E-state index contributed by atoms with van der Waals surface area (Å²) in [4.78, 5) is 24.1. The molecule has 0 bridgehead atoms. The first-order valence-electron chi connectivity index (χ1n) is 12.7. The fourth-order valence-corrected chi connectivity index (χ4v) is 7.43. The smallest absolute Gasteiger partial charge is 0.159 e. The number of carbonyl (C=O) groups is 2. The number of hydrogen-bond acceptors (Lipinski definition) is 3. The fraction of sp³-hybridized carbons (Fsp3) is 0.533. The molecule has 0 aromatic heterocycles. The third-order valence-electron chi connectivity index (χ3n) is 9.00. The largest absolute Gasteiger partial charge is 0.377 e. The summed E-state index contributed by atoms with van der Waals surface area (Å²) >= 11 is 0. The normalized spacial score (nSPS) is 33.2. The zero-order chi connectivity index (χ0) is 23.2. The topological polar surface area (TPSA) is 43.4 Å². The zero-order valence-electron chi connectivity index (χ0n) is 20.1. The molecular formula is C30H36O3. The Morgan fingerprint density at radius 2 is 1.94 bits per heavy atom. The molecule has 0 aliphatic heterocycles. The molecule has 33 heavy (non-hydrogen) atoms. The molecule has 0 N–H and O–H groups in total. The second kappa shape index (κ2) is 8.83. The van der Waals surface area contributed by atoms with E-state index >= 15 is 0 Å². The van der Waals surface area contributed by atoms with E-state index in [0.29, 0.717) is 24.2 Å². The number of fused-ring (bicyclic) bond motifs is 4. The zero-order valence-corrected chi connectivity index (χ0v) is 20.1. The average molecular weight is 445 g/mol. The van der Waals surface area contributed by atoms with Crippen molar-refractivity contribution in [2.45, 2.75) is 77.2 Å². The van der Waals surface area contributed by atoms with Gasteiger partial charge in [-0.05, 0) is 91.9 Å². The third kappa shape index (κ3) is 3.89. The third-order valence-corrected chi connectivity index (χ3v) is 9.00. The quantitative estimate of drug-likeness (QED) is 0.277. The molecule has 1 aromatic carbocycles. The molecule has 2 fully saturated rings. The summed E-state index contributed by atoms with van der Waals surface area (Å²) in [6.07, 6.45) is 12.2. The highest BCUT2D eigenvalue weighted by Crippen LogP contribution is 2.64. The van der Waals surface area contributed by atoms with Gasteiger partial charge in [0.05, 0.1) is 12.7 Å². The SMILES string of the molecule is C=CCCOC1CCC2C3CCC4=CC(=O)CCC4=C3C(c3ccc(C(C)=O)cc3)CC12C. The van der Waals surface area contributed by atoms with Crippen molar-refractivity contribution < 1.29 is 14.3 Å². The fourth-order valence-electron chi connectivity index (χ4n) is 7.43. The molecule has 0 heterocycles. The van der Waals surface area contributed by atoms with Gasteiger partial charge in [-0.2, -0.15) is 0 Å². The van der Waals surface area contributed by atoms with Gasteiger partial charge >= 0.3 is 0 Å². The highest BCUT2D eigenvalue weighted by Gasteiger charge is 2.57. The summed E-state index contributed by atoms with van der Waals surface area (Å²) in [5.74, 6) is 1.92. The second-order valence-electron chi connectivity index (χ2n) is 10.8. The minimum atomic E-state index is 0.109. The Morgan fingerprint density at radius 3 is 2.67 bits per heavy atom. The summed E-state index contributed by atoms with van der Waals surface area (Å²) < 4.78 is 6.46. The van der Waals surface area contributed by atoms with E-state index < -0.39 is 0 Å². The number of benzene rings is 1. The molecule has 174 valence electrons. The van der Waals surface area contributed by atoms with E-state index in [2.05, 4.69) is 25.6 Å². The minimum Gasteiger partial charge on any atom is -0.377 e. The molecule has 4 aliphatic carbocycles. The van der Waals surface area contributed by atoms with Gasteiger partial charge in [-0.25, -0.2) is 0 Å². The first-order valence-corrected chi connectivity index (χ1v) is 12.7. The van der Waals surface area contributed by atoms with Gasteiger partial charge in [0.25, 0.3) is 0 Å². The van der Waals surface area contributed by atoms with Crippen molar-refractivity contribution in [3.8, 4) is 0 Å². The molecule has 3 heteroatoms. The van der Waals surface area contributed by atoms with Gasteiger partial charge in [-0.3, -0.25) is 9.59 Å². The van der Waals surface area contributed by atoms with Crippen molar-refractivity contribution in [1.29, 1.82) is 0 Å². The van der Waals surface area contributed by atoms with Gasteiger partial charge in [0.2, 0.25) is 0 Å². The van der Waals surface area contributed by atoms with E-state index in [9.17, 15) is 9.59 Å². The molecule has 0 spiro atoms. The Kier molecular flexibility index (Phi) is 6.03. The lowest BCUT2D eigenvalue weighted by Crippen LogP contribution is -2.45. The van der Waals surface area contributed by atoms with Crippen LogP contribution in [-0.4, -0.2) is 24.3 Å². The number of hydrogen-bond donors (Lipinski definition) is 0. The predicted molar refractivity (Wildman–Crippen MR) is 131 cm³/mol. The van der Waals surface area contributed by atoms with E-state index in [0.717, 1.165) is 50.7 Å². The standard InChI is InChI=1S/C30H36O3/c1-4-5-16-33-28-15-14-27-25-12-10-22-17-23(32)11-13-24(22)29(25)26(18-30(27,28)3)21-8-6-20(7-9-21)19(2)31/h4,6-9,17,25-28H,1,5,10-16,18H2,2-3H3. The van der Waals surface area contributed by atoms with Crippen molar-refractivity contribution in [3.05, 3.63) is 70.8 Å². The van der Waals surface area contributed by atoms with Crippen LogP contribution in [0.2, 0.25) is 0 Å². The molecule has 0 radical (unpaired) electrons. The molecule has 3 nitrogen and oxygen atoms in total. The van der Waals surface area contributed by atoms with E-state index in [1.54, 1.807) is 12.5 Å². The van der Waals surface area contributed by atoms with E-state index in [4.69, 9.17) is 4.74 Å². The van der Waals surface area contributed by atoms with Crippen molar-refractivity contribution in [3.63, 3.8) is 0 Å². The van der Waals surface area contributed by atoms with E-state index in [1.807, 2.05) is 24.3 Å². The molecule has 0 saturated heterocycles. The van der Waals surface area contributed by atoms with Crippen molar-refractivity contribution in [1.82, 2.24) is 0 Å². The molecule has 1 aromatic rings. The van der Waals surface area contributed by atoms with Crippen molar-refractivity contribution in [2.24, 2.45) is 17.3 Å². The Balaban J connectivity index is 1.58. The monoisotopic (exact) mass is 444 g/mol. The number of Topliss-reactive ketones (excluding diaryl/α,β-unsaturated/α-hetero) is 1. The van der Waals surface area contributed by atoms with Gasteiger partial charge in [0.15, 0.2) is 11.6 Å². The van der Waals surface area contributed by atoms with Gasteiger partial charge in [-0.1, -0.05) is 42.8 Å². The van der Waals surface area contributed by atoms with Crippen LogP contribution in [0.3, 0.4) is 0 Å². The number of ether oxygens (including phenoxy) is 1. The molecule has 5 atom stereocenters. The number of allylic oxidation sites excluding steroid dienone is 4. The predicted octanol–water partition coefficient (Wildman–Crippen LogP) is 6.75. The van der Waals surface area contributed by atoms with Crippen LogP contribution in [0.1, 0.15) is 87.1 Å². The molecule has 4 aliphatic rings. The maximum Gasteiger partial charge on any atom is 0.159 e. The minimum absolute atomic E-state index is 0.109. The number of carbonyl (C=O) groups excluding carboxylic acids is 2. The molecular weight excluding hydrogens is 408 g/mol. The summed E-state index contributed by atoms with van der Waals surface area (Å²) in [7, 11) is 0. The van der Waals surface area contributed by atoms with Gasteiger partial charge in [0.1, 0.15) is 0 Å². The maximum atomic E-state index is 12.2. The Bertz CT molecular complexity index is 1030. The van der Waals surface area contributed by atoms with Gasteiger partial charge < -0.3 is 4.74 Å². The lowest BCUT2D eigenvalue weighted by molar-refractivity contribution is -0.114. The Morgan fingerprint density at radius 1 is 1.15 bits per heavy atom. The first kappa shape index (κ1) is 22.5. The first-order chi connectivity index (χ1) is 15.9. The van der Waals surface area contributed by atoms with E-state index in [-0.39, 0.29) is 23.1 Å². The van der Waals surface area contributed by atoms with Crippen LogP contribution in [0.15, 0.2) is 59.7 Å². The highest BCUT2D eigenvalue weighted by molar-refractivity contribution is 5.94. The second-order valence-corrected chi connectivity index (χ2v) is 10.8. The summed E-state index contributed by atoms with van der Waals surface area (Å²) in [5, 5.41) is 0. The van der Waals surface area contributed by atoms with Crippen LogP contribution >= 0.6 is 0 Å². The van der Waals surface area contributed by atoms with Gasteiger partial charge in [-0.15, -0.1) is 6.58 Å². The molecule has 5 rings (SSSR count). The Labute approximate surface area is 198 Å².